The van der Waals surface area contributed by atoms with Gasteiger partial charge in [0.2, 0.25) is 0 Å². The number of urea groups is 1. The molecular weight excluding hydrogens is 394 g/mol. The fraction of sp³-hybridized carbons (Fsp3) is 0.417. The van der Waals surface area contributed by atoms with Gasteiger partial charge in [0.05, 0.1) is 13.2 Å². The molecule has 0 aromatic heterocycles. The van der Waals surface area contributed by atoms with Crippen molar-refractivity contribution in [2.24, 2.45) is 0 Å². The minimum Gasteiger partial charge on any atom is -0.496 e. The number of rotatable bonds is 8. The molecule has 2 aromatic carbocycles. The number of anilines is 1. The van der Waals surface area contributed by atoms with E-state index >= 15 is 0 Å². The second-order valence-corrected chi connectivity index (χ2v) is 7.96. The maximum Gasteiger partial charge on any atom is 0.319 e. The van der Waals surface area contributed by atoms with E-state index in [2.05, 4.69) is 10.6 Å². The highest BCUT2D eigenvalue weighted by Crippen LogP contribution is 2.23. The standard InChI is InChI=1S/C24H31N3O4/c1-17(2)25-24(29)26-20-12-10-18(11-13-20)23(28)27(16-21-8-6-14-31-21)15-19-7-4-5-9-22(19)30-3/h4-5,7,9-13,17,21H,6,8,14-16H2,1-3H3,(H2,25,26,29). The van der Waals surface area contributed by atoms with Gasteiger partial charge in [-0.2, -0.15) is 0 Å². The van der Waals surface area contributed by atoms with Crippen LogP contribution < -0.4 is 15.4 Å². The molecule has 0 spiro atoms. The first-order valence-electron chi connectivity index (χ1n) is 10.7. The van der Waals surface area contributed by atoms with Crippen LogP contribution in [0.25, 0.3) is 0 Å². The molecule has 1 aliphatic heterocycles. The lowest BCUT2D eigenvalue weighted by Crippen LogP contribution is -2.37. The molecule has 7 heteroatoms. The van der Waals surface area contributed by atoms with Crippen LogP contribution >= 0.6 is 0 Å². The van der Waals surface area contributed by atoms with Gasteiger partial charge in [0, 0.05) is 42.6 Å². The topological polar surface area (TPSA) is 79.9 Å². The highest BCUT2D eigenvalue weighted by Gasteiger charge is 2.24. The second kappa shape index (κ2) is 10.8. The average molecular weight is 426 g/mol. The minimum atomic E-state index is -0.273. The summed E-state index contributed by atoms with van der Waals surface area (Å²) in [4.78, 5) is 27.0. The highest BCUT2D eigenvalue weighted by atomic mass is 16.5. The van der Waals surface area contributed by atoms with Crippen LogP contribution in [0.3, 0.4) is 0 Å². The van der Waals surface area contributed by atoms with Crippen LogP contribution in [-0.2, 0) is 11.3 Å². The Balaban J connectivity index is 1.74. The number of benzene rings is 2. The van der Waals surface area contributed by atoms with Crippen molar-refractivity contribution in [3.05, 3.63) is 59.7 Å². The van der Waals surface area contributed by atoms with Gasteiger partial charge in [0.15, 0.2) is 0 Å². The molecule has 1 unspecified atom stereocenters. The van der Waals surface area contributed by atoms with E-state index in [-0.39, 0.29) is 24.1 Å². The van der Waals surface area contributed by atoms with E-state index in [1.165, 1.54) is 0 Å². The van der Waals surface area contributed by atoms with Gasteiger partial charge in [-0.15, -0.1) is 0 Å². The Morgan fingerprint density at radius 2 is 1.90 bits per heavy atom. The number of hydrogen-bond donors (Lipinski definition) is 2. The average Bonchev–Trinajstić information content (AvgIpc) is 3.26. The van der Waals surface area contributed by atoms with E-state index in [1.807, 2.05) is 43.0 Å². The minimum absolute atomic E-state index is 0.0410. The fourth-order valence-electron chi connectivity index (χ4n) is 3.60. The van der Waals surface area contributed by atoms with Gasteiger partial charge in [0.1, 0.15) is 5.75 Å². The molecule has 1 fully saturated rings. The first kappa shape index (κ1) is 22.6. The van der Waals surface area contributed by atoms with Crippen LogP contribution in [0.4, 0.5) is 10.5 Å². The quantitative estimate of drug-likeness (QED) is 0.669. The summed E-state index contributed by atoms with van der Waals surface area (Å²) in [7, 11) is 1.63. The van der Waals surface area contributed by atoms with Crippen molar-refractivity contribution in [1.29, 1.82) is 0 Å². The van der Waals surface area contributed by atoms with E-state index in [0.717, 1.165) is 30.8 Å². The fourth-order valence-corrected chi connectivity index (χ4v) is 3.60. The van der Waals surface area contributed by atoms with Crippen molar-refractivity contribution in [3.8, 4) is 5.75 Å². The Kier molecular flexibility index (Phi) is 7.89. The van der Waals surface area contributed by atoms with Gasteiger partial charge in [-0.1, -0.05) is 18.2 Å². The molecule has 1 heterocycles. The monoisotopic (exact) mass is 425 g/mol. The van der Waals surface area contributed by atoms with E-state index in [4.69, 9.17) is 9.47 Å². The van der Waals surface area contributed by atoms with Gasteiger partial charge >= 0.3 is 6.03 Å². The van der Waals surface area contributed by atoms with Crippen molar-refractivity contribution in [2.45, 2.75) is 45.4 Å². The normalized spacial score (nSPS) is 15.5. The lowest BCUT2D eigenvalue weighted by atomic mass is 10.1. The van der Waals surface area contributed by atoms with Crippen molar-refractivity contribution in [3.63, 3.8) is 0 Å². The van der Waals surface area contributed by atoms with E-state index in [0.29, 0.717) is 24.3 Å². The first-order chi connectivity index (χ1) is 15.0. The van der Waals surface area contributed by atoms with Gasteiger partial charge in [0.25, 0.3) is 5.91 Å². The van der Waals surface area contributed by atoms with Crippen LogP contribution in [0, 0.1) is 0 Å². The summed E-state index contributed by atoms with van der Waals surface area (Å²) in [5.74, 6) is 0.669. The van der Waals surface area contributed by atoms with Crippen molar-refractivity contribution >= 4 is 17.6 Å². The third kappa shape index (κ3) is 6.46. The molecule has 3 amide bonds. The zero-order valence-corrected chi connectivity index (χ0v) is 18.4. The largest absolute Gasteiger partial charge is 0.496 e. The summed E-state index contributed by atoms with van der Waals surface area (Å²) in [6.45, 7) is 5.48. The lowest BCUT2D eigenvalue weighted by Gasteiger charge is -2.26. The summed E-state index contributed by atoms with van der Waals surface area (Å²) in [6, 6.07) is 14.4. The zero-order valence-electron chi connectivity index (χ0n) is 18.4. The van der Waals surface area contributed by atoms with Crippen LogP contribution in [0.15, 0.2) is 48.5 Å². The molecule has 3 rings (SSSR count). The molecule has 0 saturated carbocycles. The van der Waals surface area contributed by atoms with Crippen LogP contribution in [0.2, 0.25) is 0 Å². The second-order valence-electron chi connectivity index (χ2n) is 7.96. The lowest BCUT2D eigenvalue weighted by molar-refractivity contribution is 0.0505. The summed E-state index contributed by atoms with van der Waals surface area (Å²) >= 11 is 0. The molecule has 31 heavy (non-hydrogen) atoms. The van der Waals surface area contributed by atoms with E-state index < -0.39 is 0 Å². The Labute approximate surface area is 183 Å². The third-order valence-electron chi connectivity index (χ3n) is 5.10. The Bertz CT molecular complexity index is 877. The Morgan fingerprint density at radius 3 is 2.55 bits per heavy atom. The number of hydrogen-bond acceptors (Lipinski definition) is 4. The molecule has 1 saturated heterocycles. The number of nitrogens with one attached hydrogen (secondary N) is 2. The van der Waals surface area contributed by atoms with Crippen molar-refractivity contribution in [2.75, 3.05) is 25.6 Å². The number of nitrogens with zero attached hydrogens (tertiary/aromatic N) is 1. The summed E-state index contributed by atoms with van der Waals surface area (Å²) in [5, 5.41) is 5.55. The highest BCUT2D eigenvalue weighted by molar-refractivity contribution is 5.95. The number of ether oxygens (including phenoxy) is 2. The number of carbonyl (C=O) groups is 2. The molecule has 0 aliphatic carbocycles. The predicted octanol–water partition coefficient (Wildman–Crippen LogP) is 4.05. The van der Waals surface area contributed by atoms with Crippen LogP contribution in [0.5, 0.6) is 5.75 Å². The molecule has 1 atom stereocenters. The molecule has 2 aromatic rings. The van der Waals surface area contributed by atoms with Crippen LogP contribution in [0.1, 0.15) is 42.6 Å². The smallest absolute Gasteiger partial charge is 0.319 e. The van der Waals surface area contributed by atoms with Crippen molar-refractivity contribution < 1.29 is 19.1 Å². The molecule has 0 bridgehead atoms. The number of para-hydroxylation sites is 1. The Morgan fingerprint density at radius 1 is 1.16 bits per heavy atom. The van der Waals surface area contributed by atoms with E-state index in [9.17, 15) is 9.59 Å². The van der Waals surface area contributed by atoms with Gasteiger partial charge in [-0.25, -0.2) is 4.79 Å². The zero-order chi connectivity index (χ0) is 22.2. The first-order valence-corrected chi connectivity index (χ1v) is 10.7. The maximum absolute atomic E-state index is 13.3. The number of amides is 3. The maximum atomic E-state index is 13.3. The van der Waals surface area contributed by atoms with E-state index in [1.54, 1.807) is 31.4 Å². The summed E-state index contributed by atoms with van der Waals surface area (Å²) in [6.07, 6.45) is 2.00. The molecule has 166 valence electrons. The predicted molar refractivity (Wildman–Crippen MR) is 120 cm³/mol. The number of carbonyl (C=O) groups excluding carboxylic acids is 2. The third-order valence-corrected chi connectivity index (χ3v) is 5.10. The SMILES string of the molecule is COc1ccccc1CN(CC1CCCO1)C(=O)c1ccc(NC(=O)NC(C)C)cc1. The molecule has 1 aliphatic rings. The molecular formula is C24H31N3O4. The van der Waals surface area contributed by atoms with Crippen molar-refractivity contribution in [1.82, 2.24) is 10.2 Å². The Hall–Kier alpha value is -3.06. The van der Waals surface area contributed by atoms with Gasteiger partial charge < -0.3 is 25.0 Å². The van der Waals surface area contributed by atoms with Crippen LogP contribution in [-0.4, -0.2) is 49.2 Å². The van der Waals surface area contributed by atoms with Gasteiger partial charge in [-0.05, 0) is 57.0 Å². The molecule has 0 radical (unpaired) electrons. The summed E-state index contributed by atoms with van der Waals surface area (Å²) < 4.78 is 11.2. The molecule has 7 nitrogen and oxygen atoms in total. The van der Waals surface area contributed by atoms with Gasteiger partial charge in [-0.3, -0.25) is 4.79 Å². The number of methoxy groups -OCH3 is 1. The summed E-state index contributed by atoms with van der Waals surface area (Å²) in [5.41, 5.74) is 2.13. The molecule has 2 N–H and O–H groups in total.